The average Bonchev–Trinajstić information content (AvgIpc) is 2.94. The van der Waals surface area contributed by atoms with Crippen LogP contribution in [0.5, 0.6) is 0 Å². The fourth-order valence-corrected chi connectivity index (χ4v) is 3.67. The number of piperidine rings is 1. The van der Waals surface area contributed by atoms with Gasteiger partial charge in [-0.2, -0.15) is 0 Å². The van der Waals surface area contributed by atoms with E-state index in [1.54, 1.807) is 12.1 Å². The summed E-state index contributed by atoms with van der Waals surface area (Å²) in [5.41, 5.74) is 1.98. The molecule has 1 unspecified atom stereocenters. The number of amides is 4. The van der Waals surface area contributed by atoms with E-state index in [2.05, 4.69) is 17.2 Å². The number of benzene rings is 2. The fraction of sp³-hybridized carbons (Fsp3) is 0.182. The molecule has 2 aromatic rings. The molecule has 2 aliphatic heterocycles. The summed E-state index contributed by atoms with van der Waals surface area (Å²) in [6, 6.07) is 13.0. The Morgan fingerprint density at radius 1 is 1.07 bits per heavy atom. The number of allylic oxidation sites excluding steroid dienone is 1. The molecule has 2 aromatic carbocycles. The van der Waals surface area contributed by atoms with E-state index in [0.717, 1.165) is 10.5 Å². The van der Waals surface area contributed by atoms with Gasteiger partial charge >= 0.3 is 0 Å². The first kappa shape index (κ1) is 18.6. The van der Waals surface area contributed by atoms with Gasteiger partial charge in [0.15, 0.2) is 0 Å². The normalized spacial score (nSPS) is 18.5. The highest BCUT2D eigenvalue weighted by Crippen LogP contribution is 2.32. The van der Waals surface area contributed by atoms with Gasteiger partial charge in [-0.3, -0.25) is 24.1 Å². The first-order valence-corrected chi connectivity index (χ1v) is 9.29. The van der Waals surface area contributed by atoms with E-state index in [0.29, 0.717) is 18.5 Å². The van der Waals surface area contributed by atoms with Crippen molar-refractivity contribution in [1.82, 2.24) is 10.2 Å². The molecule has 0 aromatic heterocycles. The van der Waals surface area contributed by atoms with E-state index in [1.165, 1.54) is 6.07 Å². The Morgan fingerprint density at radius 3 is 2.55 bits per heavy atom. The van der Waals surface area contributed by atoms with Gasteiger partial charge in [0.25, 0.3) is 11.8 Å². The molecular formula is C22H19N3O4. The van der Waals surface area contributed by atoms with E-state index in [-0.39, 0.29) is 29.1 Å². The molecule has 0 saturated carbocycles. The Balaban J connectivity index is 1.58. The van der Waals surface area contributed by atoms with Crippen LogP contribution in [0.25, 0.3) is 0 Å². The largest absolute Gasteiger partial charge is 0.329 e. The Morgan fingerprint density at radius 2 is 1.83 bits per heavy atom. The SMILES string of the molecule is C=C1CCC(N2C(=O)c3cccc(NC(=O)Cc4ccccc4)c3C2=O)C(=O)N1. The number of hydrogen-bond acceptors (Lipinski definition) is 4. The molecular weight excluding hydrogens is 370 g/mol. The lowest BCUT2D eigenvalue weighted by atomic mass is 10.0. The molecule has 4 amide bonds. The van der Waals surface area contributed by atoms with E-state index >= 15 is 0 Å². The zero-order valence-corrected chi connectivity index (χ0v) is 15.6. The summed E-state index contributed by atoms with van der Waals surface area (Å²) < 4.78 is 0. The highest BCUT2D eigenvalue weighted by atomic mass is 16.2. The number of rotatable bonds is 4. The number of fused-ring (bicyclic) bond motifs is 1. The number of anilines is 1. The van der Waals surface area contributed by atoms with E-state index in [4.69, 9.17) is 0 Å². The zero-order chi connectivity index (χ0) is 20.5. The summed E-state index contributed by atoms with van der Waals surface area (Å²) in [6.07, 6.45) is 0.958. The van der Waals surface area contributed by atoms with Gasteiger partial charge in [0.2, 0.25) is 11.8 Å². The highest BCUT2D eigenvalue weighted by molar-refractivity contribution is 6.25. The lowest BCUT2D eigenvalue weighted by Gasteiger charge is -2.29. The third-order valence-corrected chi connectivity index (χ3v) is 5.06. The van der Waals surface area contributed by atoms with Crippen molar-refractivity contribution >= 4 is 29.3 Å². The van der Waals surface area contributed by atoms with Gasteiger partial charge < -0.3 is 10.6 Å². The van der Waals surface area contributed by atoms with Crippen LogP contribution in [0.3, 0.4) is 0 Å². The number of imide groups is 1. The number of hydrogen-bond donors (Lipinski definition) is 2. The number of carbonyl (C=O) groups excluding carboxylic acids is 4. The smallest absolute Gasteiger partial charge is 0.264 e. The summed E-state index contributed by atoms with van der Waals surface area (Å²) in [6.45, 7) is 3.72. The van der Waals surface area contributed by atoms with Gasteiger partial charge in [-0.25, -0.2) is 0 Å². The van der Waals surface area contributed by atoms with Crippen LogP contribution in [-0.4, -0.2) is 34.6 Å². The molecule has 0 radical (unpaired) electrons. The number of nitrogens with one attached hydrogen (secondary N) is 2. The third kappa shape index (κ3) is 3.42. The number of carbonyl (C=O) groups is 4. The summed E-state index contributed by atoms with van der Waals surface area (Å²) in [5.74, 6) is -1.83. The monoisotopic (exact) mass is 389 g/mol. The Kier molecular flexibility index (Phi) is 4.72. The minimum atomic E-state index is -0.888. The average molecular weight is 389 g/mol. The Hall–Kier alpha value is -3.74. The molecule has 1 atom stereocenters. The van der Waals surface area contributed by atoms with Crippen molar-refractivity contribution < 1.29 is 19.2 Å². The predicted molar refractivity (Wildman–Crippen MR) is 106 cm³/mol. The van der Waals surface area contributed by atoms with E-state index < -0.39 is 23.8 Å². The topological polar surface area (TPSA) is 95.6 Å². The van der Waals surface area contributed by atoms with Gasteiger partial charge in [-0.05, 0) is 30.5 Å². The second-order valence-corrected chi connectivity index (χ2v) is 7.07. The Labute approximate surface area is 167 Å². The van der Waals surface area contributed by atoms with Crippen LogP contribution in [0, 0.1) is 0 Å². The molecule has 146 valence electrons. The lowest BCUT2D eigenvalue weighted by Crippen LogP contribution is -2.51. The molecule has 0 bridgehead atoms. The van der Waals surface area contributed by atoms with Crippen LogP contribution >= 0.6 is 0 Å². The van der Waals surface area contributed by atoms with Gasteiger partial charge in [-0.15, -0.1) is 0 Å². The van der Waals surface area contributed by atoms with Crippen LogP contribution < -0.4 is 10.6 Å². The Bertz CT molecular complexity index is 1050. The van der Waals surface area contributed by atoms with Gasteiger partial charge in [0.05, 0.1) is 23.2 Å². The second kappa shape index (κ2) is 7.35. The van der Waals surface area contributed by atoms with Crippen LogP contribution in [0.4, 0.5) is 5.69 Å². The zero-order valence-electron chi connectivity index (χ0n) is 15.6. The van der Waals surface area contributed by atoms with Crippen molar-refractivity contribution in [3.05, 3.63) is 77.5 Å². The summed E-state index contributed by atoms with van der Waals surface area (Å²) in [5, 5.41) is 5.33. The maximum atomic E-state index is 13.0. The third-order valence-electron chi connectivity index (χ3n) is 5.06. The molecule has 0 aliphatic carbocycles. The predicted octanol–water partition coefficient (Wildman–Crippen LogP) is 2.26. The van der Waals surface area contributed by atoms with Crippen molar-refractivity contribution in [2.24, 2.45) is 0 Å². The summed E-state index contributed by atoms with van der Waals surface area (Å²) in [4.78, 5) is 51.6. The molecule has 2 N–H and O–H groups in total. The van der Waals surface area contributed by atoms with Crippen LogP contribution in [0.15, 0.2) is 60.8 Å². The van der Waals surface area contributed by atoms with Crippen molar-refractivity contribution in [1.29, 1.82) is 0 Å². The minimum absolute atomic E-state index is 0.121. The molecule has 2 heterocycles. The maximum Gasteiger partial charge on any atom is 0.264 e. The van der Waals surface area contributed by atoms with Crippen molar-refractivity contribution in [3.8, 4) is 0 Å². The first-order chi connectivity index (χ1) is 14.0. The first-order valence-electron chi connectivity index (χ1n) is 9.29. The fourth-order valence-electron chi connectivity index (χ4n) is 3.67. The highest BCUT2D eigenvalue weighted by Gasteiger charge is 2.45. The van der Waals surface area contributed by atoms with Crippen molar-refractivity contribution in [2.45, 2.75) is 25.3 Å². The van der Waals surface area contributed by atoms with E-state index in [1.807, 2.05) is 30.3 Å². The van der Waals surface area contributed by atoms with Crippen LogP contribution in [0.2, 0.25) is 0 Å². The lowest BCUT2D eigenvalue weighted by molar-refractivity contribution is -0.125. The van der Waals surface area contributed by atoms with Crippen molar-refractivity contribution in [3.63, 3.8) is 0 Å². The van der Waals surface area contributed by atoms with Gasteiger partial charge in [0, 0.05) is 5.70 Å². The quantitative estimate of drug-likeness (QED) is 0.784. The summed E-state index contributed by atoms with van der Waals surface area (Å²) >= 11 is 0. The van der Waals surface area contributed by atoms with Crippen LogP contribution in [0.1, 0.15) is 39.1 Å². The maximum absolute atomic E-state index is 13.0. The molecule has 7 nitrogen and oxygen atoms in total. The van der Waals surface area contributed by atoms with Crippen molar-refractivity contribution in [2.75, 3.05) is 5.32 Å². The van der Waals surface area contributed by atoms with Gasteiger partial charge in [-0.1, -0.05) is 43.0 Å². The minimum Gasteiger partial charge on any atom is -0.329 e. The molecule has 4 rings (SSSR count). The molecule has 29 heavy (non-hydrogen) atoms. The van der Waals surface area contributed by atoms with E-state index in [9.17, 15) is 19.2 Å². The number of nitrogens with zero attached hydrogens (tertiary/aromatic N) is 1. The van der Waals surface area contributed by atoms with Crippen LogP contribution in [-0.2, 0) is 16.0 Å². The summed E-state index contributed by atoms with van der Waals surface area (Å²) in [7, 11) is 0. The second-order valence-electron chi connectivity index (χ2n) is 7.07. The molecule has 1 saturated heterocycles. The molecule has 7 heteroatoms. The molecule has 0 spiro atoms. The molecule has 1 fully saturated rings. The molecule has 2 aliphatic rings. The van der Waals surface area contributed by atoms with Gasteiger partial charge in [0.1, 0.15) is 6.04 Å². The standard InChI is InChI=1S/C22H19N3O4/c1-13-10-11-17(20(27)23-13)25-21(28)15-8-5-9-16(19(15)22(25)29)24-18(26)12-14-6-3-2-4-7-14/h2-9,17H,1,10-12H2,(H,23,27)(H,24,26).